The van der Waals surface area contributed by atoms with Crippen molar-refractivity contribution in [1.29, 1.82) is 0 Å². The maximum Gasteiger partial charge on any atom is 0.407 e. The van der Waals surface area contributed by atoms with Crippen LogP contribution in [0.5, 0.6) is 17.2 Å². The molecule has 2 amide bonds. The Morgan fingerprint density at radius 1 is 0.855 bits per heavy atom. The van der Waals surface area contributed by atoms with Gasteiger partial charge in [0, 0.05) is 45.8 Å². The zero-order chi connectivity index (χ0) is 39.3. The lowest BCUT2D eigenvalue weighted by Crippen LogP contribution is -2.49. The first kappa shape index (κ1) is 42.0. The summed E-state index contributed by atoms with van der Waals surface area (Å²) in [6.45, 7) is 6.36. The molecule has 0 radical (unpaired) electrons. The fourth-order valence-electron chi connectivity index (χ4n) is 7.00. The van der Waals surface area contributed by atoms with Crippen LogP contribution in [-0.2, 0) is 32.0 Å². The summed E-state index contributed by atoms with van der Waals surface area (Å²) in [5, 5.41) is 10.8. The first-order valence-electron chi connectivity index (χ1n) is 19.1. The van der Waals surface area contributed by atoms with E-state index in [9.17, 15) is 19.5 Å². The predicted octanol–water partition coefficient (Wildman–Crippen LogP) is 8.34. The van der Waals surface area contributed by atoms with Crippen molar-refractivity contribution in [3.05, 3.63) is 86.9 Å². The molecule has 0 spiro atoms. The Hall–Kier alpha value is -4.19. The molecule has 2 atom stereocenters. The maximum atomic E-state index is 14.6. The van der Waals surface area contributed by atoms with Gasteiger partial charge in [-0.25, -0.2) is 4.79 Å². The highest BCUT2D eigenvalue weighted by atomic mass is 35.5. The minimum absolute atomic E-state index is 0.0500. The van der Waals surface area contributed by atoms with Crippen molar-refractivity contribution in [2.24, 2.45) is 5.92 Å². The van der Waals surface area contributed by atoms with E-state index >= 15 is 0 Å². The Labute approximate surface area is 333 Å². The fourth-order valence-corrected chi connectivity index (χ4v) is 7.71. The number of methoxy groups -OCH3 is 1. The molecular formula is C42H52Cl2N2O9. The Morgan fingerprint density at radius 3 is 2.22 bits per heavy atom. The summed E-state index contributed by atoms with van der Waals surface area (Å²) in [4.78, 5) is 41.9. The molecule has 1 saturated heterocycles. The summed E-state index contributed by atoms with van der Waals surface area (Å²) in [6.07, 6.45) is 3.70. The van der Waals surface area contributed by atoms with Crippen LogP contribution in [0, 0.1) is 12.8 Å². The molecule has 0 bridgehead atoms. The lowest BCUT2D eigenvalue weighted by atomic mass is 9.79. The number of amides is 2. The SMILES string of the molecule is CCOC(=O)CCCOc1cc(CCCOC)cc(CN(C(=O)[C@H]2CN(C(=O)O)CC[C@@H]2c2ccc(OCCOc3c(Cl)cc(C)cc3Cl)cc2)C2CC2)c1. The Kier molecular flexibility index (Phi) is 15.8. The van der Waals surface area contributed by atoms with Gasteiger partial charge in [0.25, 0.3) is 0 Å². The number of carbonyl (C=O) groups is 3. The largest absolute Gasteiger partial charge is 0.494 e. The average Bonchev–Trinajstić information content (AvgIpc) is 4.01. The highest BCUT2D eigenvalue weighted by Gasteiger charge is 2.42. The molecule has 1 aliphatic carbocycles. The number of benzene rings is 3. The molecule has 1 N–H and O–H groups in total. The van der Waals surface area contributed by atoms with E-state index in [0.717, 1.165) is 47.9 Å². The number of hydrogen-bond donors (Lipinski definition) is 1. The van der Waals surface area contributed by atoms with Gasteiger partial charge in [-0.1, -0.05) is 41.4 Å². The van der Waals surface area contributed by atoms with Gasteiger partial charge in [-0.15, -0.1) is 0 Å². The van der Waals surface area contributed by atoms with Gasteiger partial charge >= 0.3 is 12.1 Å². The molecule has 11 nitrogen and oxygen atoms in total. The first-order valence-corrected chi connectivity index (χ1v) is 19.8. The van der Waals surface area contributed by atoms with E-state index < -0.39 is 12.0 Å². The quantitative estimate of drug-likeness (QED) is 0.0888. The van der Waals surface area contributed by atoms with Crippen molar-refractivity contribution < 1.29 is 43.2 Å². The number of carboxylic acid groups (broad SMARTS) is 1. The van der Waals surface area contributed by atoms with Crippen LogP contribution in [0.4, 0.5) is 4.79 Å². The van der Waals surface area contributed by atoms with E-state index in [0.29, 0.717) is 73.0 Å². The number of hydrogen-bond acceptors (Lipinski definition) is 8. The molecule has 0 unspecified atom stereocenters. The molecule has 1 heterocycles. The number of ether oxygens (including phenoxy) is 5. The van der Waals surface area contributed by atoms with Crippen LogP contribution in [0.3, 0.4) is 0 Å². The summed E-state index contributed by atoms with van der Waals surface area (Å²) in [5.74, 6) is 0.713. The number of aryl methyl sites for hydroxylation is 2. The van der Waals surface area contributed by atoms with Crippen molar-refractivity contribution in [3.8, 4) is 17.2 Å². The van der Waals surface area contributed by atoms with Gasteiger partial charge in [0.1, 0.15) is 24.7 Å². The van der Waals surface area contributed by atoms with E-state index in [1.54, 1.807) is 26.2 Å². The van der Waals surface area contributed by atoms with E-state index in [1.165, 1.54) is 4.90 Å². The third-order valence-electron chi connectivity index (χ3n) is 9.81. The van der Waals surface area contributed by atoms with Crippen LogP contribution < -0.4 is 14.2 Å². The zero-order valence-electron chi connectivity index (χ0n) is 31.9. The zero-order valence-corrected chi connectivity index (χ0v) is 33.4. The summed E-state index contributed by atoms with van der Waals surface area (Å²) >= 11 is 12.6. The molecule has 13 heteroatoms. The summed E-state index contributed by atoms with van der Waals surface area (Å²) in [5.41, 5.74) is 3.91. The van der Waals surface area contributed by atoms with Crippen molar-refractivity contribution in [2.75, 3.05) is 53.2 Å². The van der Waals surface area contributed by atoms with Crippen molar-refractivity contribution >= 4 is 41.2 Å². The number of nitrogens with zero attached hydrogens (tertiary/aromatic N) is 2. The topological polar surface area (TPSA) is 124 Å². The number of rotatable bonds is 20. The summed E-state index contributed by atoms with van der Waals surface area (Å²) in [7, 11) is 1.68. The van der Waals surface area contributed by atoms with Gasteiger partial charge < -0.3 is 38.6 Å². The van der Waals surface area contributed by atoms with Crippen molar-refractivity contribution in [3.63, 3.8) is 0 Å². The highest BCUT2D eigenvalue weighted by Crippen LogP contribution is 2.39. The van der Waals surface area contributed by atoms with Gasteiger partial charge in [0.15, 0.2) is 5.75 Å². The van der Waals surface area contributed by atoms with E-state index in [2.05, 4.69) is 6.07 Å². The van der Waals surface area contributed by atoms with E-state index in [-0.39, 0.29) is 50.0 Å². The minimum atomic E-state index is -1.03. The molecule has 1 saturated carbocycles. The molecule has 3 aromatic carbocycles. The van der Waals surface area contributed by atoms with E-state index in [4.69, 9.17) is 46.9 Å². The molecule has 2 aliphatic rings. The highest BCUT2D eigenvalue weighted by molar-refractivity contribution is 6.37. The lowest BCUT2D eigenvalue weighted by Gasteiger charge is -2.39. The minimum Gasteiger partial charge on any atom is -0.494 e. The third kappa shape index (κ3) is 12.4. The molecule has 5 rings (SSSR count). The molecule has 55 heavy (non-hydrogen) atoms. The second-order valence-electron chi connectivity index (χ2n) is 14.1. The number of piperidine rings is 1. The van der Waals surface area contributed by atoms with Crippen LogP contribution in [0.25, 0.3) is 0 Å². The van der Waals surface area contributed by atoms with Gasteiger partial charge in [0.05, 0.1) is 29.2 Å². The van der Waals surface area contributed by atoms with Crippen molar-refractivity contribution in [2.45, 2.75) is 77.3 Å². The number of likely N-dealkylation sites (tertiary alicyclic amines) is 1. The van der Waals surface area contributed by atoms with Crippen LogP contribution in [0.15, 0.2) is 54.6 Å². The third-order valence-corrected chi connectivity index (χ3v) is 10.4. The molecule has 1 aliphatic heterocycles. The van der Waals surface area contributed by atoms with Crippen LogP contribution in [-0.4, -0.2) is 92.2 Å². The Morgan fingerprint density at radius 2 is 1.55 bits per heavy atom. The number of esters is 1. The molecule has 298 valence electrons. The maximum absolute atomic E-state index is 14.6. The number of halogens is 2. The predicted molar refractivity (Wildman–Crippen MR) is 211 cm³/mol. The number of carbonyl (C=O) groups excluding carboxylic acids is 2. The standard InChI is InChI=1S/C42H52Cl2N2O9/c1-4-52-39(47)8-6-18-53-34-24-29(7-5-17-51-3)23-30(25-34)26-46(32-11-12-32)41(48)36-27-45(42(49)50)16-15-35(36)31-9-13-33(14-10-31)54-19-20-55-40-37(43)21-28(2)22-38(40)44/h9-10,13-14,21-25,32,35-36H,4-8,11-12,15-20,26-27H2,1-3H3,(H,49,50)/t35-,36+/m1/s1. The normalized spacial score (nSPS) is 16.7. The second-order valence-corrected chi connectivity index (χ2v) is 14.9. The van der Waals surface area contributed by atoms with Crippen LogP contribution >= 0.6 is 23.2 Å². The molecule has 2 fully saturated rings. The van der Waals surface area contributed by atoms with Gasteiger partial charge in [-0.2, -0.15) is 0 Å². The molecule has 3 aromatic rings. The smallest absolute Gasteiger partial charge is 0.407 e. The monoisotopic (exact) mass is 798 g/mol. The second kappa shape index (κ2) is 20.6. The molecule has 0 aromatic heterocycles. The summed E-state index contributed by atoms with van der Waals surface area (Å²) in [6, 6.07) is 17.4. The Bertz CT molecular complexity index is 1730. The first-order chi connectivity index (χ1) is 26.6. The van der Waals surface area contributed by atoms with Gasteiger partial charge in [-0.05, 0) is 117 Å². The van der Waals surface area contributed by atoms with Crippen molar-refractivity contribution in [1.82, 2.24) is 9.80 Å². The van der Waals surface area contributed by atoms with Crippen LogP contribution in [0.2, 0.25) is 10.0 Å². The fraction of sp³-hybridized carbons (Fsp3) is 0.500. The summed E-state index contributed by atoms with van der Waals surface area (Å²) < 4.78 is 28.1. The molecular weight excluding hydrogens is 747 g/mol. The van der Waals surface area contributed by atoms with Crippen LogP contribution in [0.1, 0.15) is 73.6 Å². The average molecular weight is 800 g/mol. The van der Waals surface area contributed by atoms with E-state index in [1.807, 2.05) is 48.2 Å². The Balaban J connectivity index is 1.28. The van der Waals surface area contributed by atoms with Gasteiger partial charge in [0.2, 0.25) is 5.91 Å². The lowest BCUT2D eigenvalue weighted by molar-refractivity contribution is -0.143. The van der Waals surface area contributed by atoms with Gasteiger partial charge in [-0.3, -0.25) is 9.59 Å².